The van der Waals surface area contributed by atoms with Gasteiger partial charge >= 0.3 is 0 Å². The van der Waals surface area contributed by atoms with Gasteiger partial charge in [0.15, 0.2) is 0 Å². The number of fused-ring (bicyclic) bond motifs is 1. The minimum atomic E-state index is 0.130. The van der Waals surface area contributed by atoms with Gasteiger partial charge < -0.3 is 9.88 Å². The summed E-state index contributed by atoms with van der Waals surface area (Å²) >= 11 is 0. The van der Waals surface area contributed by atoms with Crippen LogP contribution in [0, 0.1) is 12.8 Å². The average molecular weight is 378 g/mol. The molecular weight excluding hydrogens is 346 g/mol. The van der Waals surface area contributed by atoms with E-state index in [0.29, 0.717) is 6.54 Å². The van der Waals surface area contributed by atoms with E-state index >= 15 is 0 Å². The Bertz CT molecular complexity index is 924. The number of aromatic nitrogens is 2. The van der Waals surface area contributed by atoms with Gasteiger partial charge in [-0.05, 0) is 43.9 Å². The summed E-state index contributed by atoms with van der Waals surface area (Å²) in [7, 11) is 0. The number of hydrogen-bond donors (Lipinski definition) is 1. The highest BCUT2D eigenvalue weighted by molar-refractivity contribution is 5.78. The smallest absolute Gasteiger partial charge is 0.223 e. The van der Waals surface area contributed by atoms with Crippen LogP contribution < -0.4 is 5.32 Å². The van der Waals surface area contributed by atoms with E-state index in [-0.39, 0.29) is 11.8 Å². The molecule has 0 radical (unpaired) electrons. The SMILES string of the molecule is CCC(CC)C(=O)NCCCc1nc2ccccc2n1Cc1cccc(C)c1. The van der Waals surface area contributed by atoms with Crippen LogP contribution in [0.25, 0.3) is 11.0 Å². The second-order valence-electron chi connectivity index (χ2n) is 7.50. The molecule has 4 heteroatoms. The monoisotopic (exact) mass is 377 g/mol. The molecule has 0 aliphatic heterocycles. The fourth-order valence-electron chi connectivity index (χ4n) is 3.75. The lowest BCUT2D eigenvalue weighted by molar-refractivity contribution is -0.125. The van der Waals surface area contributed by atoms with Gasteiger partial charge in [-0.2, -0.15) is 0 Å². The number of carbonyl (C=O) groups excluding carboxylic acids is 1. The maximum atomic E-state index is 12.2. The lowest BCUT2D eigenvalue weighted by atomic mass is 10.0. The number of nitrogens with one attached hydrogen (secondary N) is 1. The van der Waals surface area contributed by atoms with Gasteiger partial charge in [-0.1, -0.05) is 55.8 Å². The van der Waals surface area contributed by atoms with E-state index in [1.165, 1.54) is 16.6 Å². The van der Waals surface area contributed by atoms with Crippen LogP contribution in [-0.4, -0.2) is 22.0 Å². The lowest BCUT2D eigenvalue weighted by Gasteiger charge is -2.13. The normalized spacial score (nSPS) is 11.3. The minimum absolute atomic E-state index is 0.130. The molecule has 4 nitrogen and oxygen atoms in total. The van der Waals surface area contributed by atoms with Crippen LogP contribution in [0.4, 0.5) is 0 Å². The van der Waals surface area contributed by atoms with Crippen molar-refractivity contribution in [2.45, 2.75) is 53.0 Å². The summed E-state index contributed by atoms with van der Waals surface area (Å²) in [6.45, 7) is 7.78. The largest absolute Gasteiger partial charge is 0.356 e. The topological polar surface area (TPSA) is 46.9 Å². The molecule has 2 aromatic carbocycles. The van der Waals surface area contributed by atoms with E-state index in [1.54, 1.807) is 0 Å². The minimum Gasteiger partial charge on any atom is -0.356 e. The average Bonchev–Trinajstić information content (AvgIpc) is 3.04. The molecule has 0 bridgehead atoms. The molecular formula is C24H31N3O. The molecule has 148 valence electrons. The van der Waals surface area contributed by atoms with Gasteiger partial charge in [-0.15, -0.1) is 0 Å². The molecule has 1 aromatic heterocycles. The molecule has 0 aliphatic rings. The third kappa shape index (κ3) is 4.80. The molecule has 0 fully saturated rings. The summed E-state index contributed by atoms with van der Waals surface area (Å²) < 4.78 is 2.31. The number of amides is 1. The van der Waals surface area contributed by atoms with Crippen LogP contribution in [0.3, 0.4) is 0 Å². The number of nitrogens with zero attached hydrogens (tertiary/aromatic N) is 2. The Morgan fingerprint density at radius 3 is 2.64 bits per heavy atom. The first-order chi connectivity index (χ1) is 13.6. The van der Waals surface area contributed by atoms with Gasteiger partial charge in [0.1, 0.15) is 5.82 Å². The highest BCUT2D eigenvalue weighted by Gasteiger charge is 2.14. The van der Waals surface area contributed by atoms with Crippen molar-refractivity contribution in [2.24, 2.45) is 5.92 Å². The van der Waals surface area contributed by atoms with Crippen molar-refractivity contribution in [3.63, 3.8) is 0 Å². The number of aryl methyl sites for hydroxylation is 2. The Labute approximate surface area is 168 Å². The summed E-state index contributed by atoms with van der Waals surface area (Å²) in [6.07, 6.45) is 3.54. The molecule has 3 aromatic rings. The van der Waals surface area contributed by atoms with Gasteiger partial charge in [0.05, 0.1) is 11.0 Å². The molecule has 0 saturated carbocycles. The van der Waals surface area contributed by atoms with Crippen LogP contribution in [0.2, 0.25) is 0 Å². The predicted molar refractivity (Wildman–Crippen MR) is 115 cm³/mol. The van der Waals surface area contributed by atoms with Gasteiger partial charge in [0.25, 0.3) is 0 Å². The molecule has 0 aliphatic carbocycles. The van der Waals surface area contributed by atoms with Crippen LogP contribution in [0.15, 0.2) is 48.5 Å². The second kappa shape index (κ2) is 9.54. The fraction of sp³-hybridized carbons (Fsp3) is 0.417. The van der Waals surface area contributed by atoms with Crippen LogP contribution in [-0.2, 0) is 17.8 Å². The molecule has 0 saturated heterocycles. The zero-order valence-electron chi connectivity index (χ0n) is 17.2. The first kappa shape index (κ1) is 20.1. The van der Waals surface area contributed by atoms with Crippen molar-refractivity contribution in [2.75, 3.05) is 6.54 Å². The Balaban J connectivity index is 1.71. The number of carbonyl (C=O) groups is 1. The number of hydrogen-bond acceptors (Lipinski definition) is 2. The quantitative estimate of drug-likeness (QED) is 0.540. The molecule has 28 heavy (non-hydrogen) atoms. The summed E-state index contributed by atoms with van der Waals surface area (Å²) in [5.74, 6) is 1.39. The third-order valence-electron chi connectivity index (χ3n) is 5.39. The highest BCUT2D eigenvalue weighted by atomic mass is 16.1. The molecule has 1 amide bonds. The van der Waals surface area contributed by atoms with Gasteiger partial charge in [-0.25, -0.2) is 4.98 Å². The lowest BCUT2D eigenvalue weighted by Crippen LogP contribution is -2.31. The van der Waals surface area contributed by atoms with E-state index < -0.39 is 0 Å². The summed E-state index contributed by atoms with van der Waals surface area (Å²) in [5.41, 5.74) is 4.75. The predicted octanol–water partition coefficient (Wildman–Crippen LogP) is 4.88. The van der Waals surface area contributed by atoms with Crippen LogP contribution in [0.5, 0.6) is 0 Å². The zero-order valence-corrected chi connectivity index (χ0v) is 17.2. The van der Waals surface area contributed by atoms with Crippen LogP contribution >= 0.6 is 0 Å². The van der Waals surface area contributed by atoms with E-state index in [4.69, 9.17) is 4.98 Å². The molecule has 0 unspecified atom stereocenters. The summed E-state index contributed by atoms with van der Waals surface area (Å²) in [4.78, 5) is 17.0. The Morgan fingerprint density at radius 2 is 1.89 bits per heavy atom. The zero-order chi connectivity index (χ0) is 19.9. The fourth-order valence-corrected chi connectivity index (χ4v) is 3.75. The molecule has 1 N–H and O–H groups in total. The van der Waals surface area contributed by atoms with E-state index in [1.807, 2.05) is 6.07 Å². The van der Waals surface area contributed by atoms with Crippen molar-refractivity contribution < 1.29 is 4.79 Å². The number of imidazole rings is 1. The first-order valence-corrected chi connectivity index (χ1v) is 10.4. The first-order valence-electron chi connectivity index (χ1n) is 10.4. The Morgan fingerprint density at radius 1 is 1.11 bits per heavy atom. The second-order valence-corrected chi connectivity index (χ2v) is 7.50. The van der Waals surface area contributed by atoms with Gasteiger partial charge in [0.2, 0.25) is 5.91 Å². The van der Waals surface area contributed by atoms with Crippen molar-refractivity contribution in [1.82, 2.24) is 14.9 Å². The Hall–Kier alpha value is -2.62. The standard InChI is InChI=1S/C24H31N3O/c1-4-20(5-2)24(28)25-15-9-14-23-26-21-12-6-7-13-22(21)27(23)17-19-11-8-10-18(3)16-19/h6-8,10-13,16,20H,4-5,9,14-15,17H2,1-3H3,(H,25,28). The third-order valence-corrected chi connectivity index (χ3v) is 5.39. The Kier molecular flexibility index (Phi) is 6.85. The molecule has 1 heterocycles. The number of benzene rings is 2. The number of para-hydroxylation sites is 2. The molecule has 0 spiro atoms. The van der Waals surface area contributed by atoms with Crippen LogP contribution in [0.1, 0.15) is 50.1 Å². The van der Waals surface area contributed by atoms with Crippen molar-refractivity contribution in [3.8, 4) is 0 Å². The van der Waals surface area contributed by atoms with E-state index in [0.717, 1.165) is 43.6 Å². The highest BCUT2D eigenvalue weighted by Crippen LogP contribution is 2.19. The van der Waals surface area contributed by atoms with E-state index in [9.17, 15) is 4.79 Å². The summed E-state index contributed by atoms with van der Waals surface area (Å²) in [6, 6.07) is 16.9. The molecule has 3 rings (SSSR count). The maximum absolute atomic E-state index is 12.2. The van der Waals surface area contributed by atoms with E-state index in [2.05, 4.69) is 73.1 Å². The molecule has 0 atom stereocenters. The van der Waals surface area contributed by atoms with Gasteiger partial charge in [0, 0.05) is 25.4 Å². The summed E-state index contributed by atoms with van der Waals surface area (Å²) in [5, 5.41) is 3.09. The van der Waals surface area contributed by atoms with Crippen molar-refractivity contribution in [3.05, 3.63) is 65.5 Å². The van der Waals surface area contributed by atoms with Crippen molar-refractivity contribution in [1.29, 1.82) is 0 Å². The maximum Gasteiger partial charge on any atom is 0.223 e. The van der Waals surface area contributed by atoms with Gasteiger partial charge in [-0.3, -0.25) is 4.79 Å². The van der Waals surface area contributed by atoms with Crippen molar-refractivity contribution >= 4 is 16.9 Å². The number of rotatable bonds is 9.